The van der Waals surface area contributed by atoms with Gasteiger partial charge >= 0.3 is 0 Å². The van der Waals surface area contributed by atoms with Crippen molar-refractivity contribution in [2.45, 2.75) is 45.1 Å². The van der Waals surface area contributed by atoms with Gasteiger partial charge in [-0.25, -0.2) is 0 Å². The summed E-state index contributed by atoms with van der Waals surface area (Å²) >= 11 is 0. The highest BCUT2D eigenvalue weighted by Gasteiger charge is 2.53. The Hall–Kier alpha value is -1.64. The Morgan fingerprint density at radius 2 is 1.68 bits per heavy atom. The smallest absolute Gasteiger partial charge is 0.183 e. The van der Waals surface area contributed by atoms with Crippen LogP contribution in [-0.4, -0.2) is 12.0 Å². The van der Waals surface area contributed by atoms with Crippen LogP contribution in [0.1, 0.15) is 44.1 Å². The van der Waals surface area contributed by atoms with Gasteiger partial charge in [0.15, 0.2) is 5.78 Å². The molecule has 0 N–H and O–H groups in total. The second-order valence-corrected chi connectivity index (χ2v) is 7.56. The van der Waals surface area contributed by atoms with Crippen LogP contribution >= 0.6 is 0 Å². The summed E-state index contributed by atoms with van der Waals surface area (Å²) < 4.78 is 0. The Balaban J connectivity index is 1.37. The zero-order valence-electron chi connectivity index (χ0n) is 12.9. The molecule has 0 atom stereocenters. The SMILES string of the molecule is O=C(/C=N\OCc1ccccc1)C12CC3CC(CC(C3)C1)C2. The summed E-state index contributed by atoms with van der Waals surface area (Å²) in [7, 11) is 0. The molecule has 4 bridgehead atoms. The van der Waals surface area contributed by atoms with Crippen molar-refractivity contribution in [3.05, 3.63) is 35.9 Å². The highest BCUT2D eigenvalue weighted by Crippen LogP contribution is 2.60. The molecule has 1 aromatic rings. The van der Waals surface area contributed by atoms with E-state index in [1.807, 2.05) is 30.3 Å². The van der Waals surface area contributed by atoms with Crippen LogP contribution in [0.4, 0.5) is 0 Å². The minimum atomic E-state index is -0.103. The Morgan fingerprint density at radius 1 is 1.09 bits per heavy atom. The van der Waals surface area contributed by atoms with Gasteiger partial charge in [-0.05, 0) is 61.8 Å². The van der Waals surface area contributed by atoms with Crippen molar-refractivity contribution in [1.82, 2.24) is 0 Å². The van der Waals surface area contributed by atoms with Crippen LogP contribution in [0, 0.1) is 23.2 Å². The lowest BCUT2D eigenvalue weighted by molar-refractivity contribution is -0.136. The van der Waals surface area contributed by atoms with E-state index in [0.717, 1.165) is 42.6 Å². The molecule has 116 valence electrons. The van der Waals surface area contributed by atoms with Gasteiger partial charge in [0.05, 0.1) is 0 Å². The predicted octanol–water partition coefficient (Wildman–Crippen LogP) is 3.97. The van der Waals surface area contributed by atoms with E-state index in [4.69, 9.17) is 4.84 Å². The number of rotatable bonds is 5. The number of carbonyl (C=O) groups excluding carboxylic acids is 1. The highest BCUT2D eigenvalue weighted by atomic mass is 16.6. The number of benzene rings is 1. The van der Waals surface area contributed by atoms with Crippen molar-refractivity contribution in [3.8, 4) is 0 Å². The lowest BCUT2D eigenvalue weighted by atomic mass is 9.48. The van der Waals surface area contributed by atoms with Crippen molar-refractivity contribution in [2.75, 3.05) is 0 Å². The van der Waals surface area contributed by atoms with Gasteiger partial charge in [0.25, 0.3) is 0 Å². The zero-order valence-corrected chi connectivity index (χ0v) is 12.9. The first-order valence-electron chi connectivity index (χ1n) is 8.47. The number of Topliss-reactive ketones (excluding diaryl/α,β-unsaturated/α-hetero) is 1. The fraction of sp³-hybridized carbons (Fsp3) is 0.579. The number of hydrogen-bond acceptors (Lipinski definition) is 3. The lowest BCUT2D eigenvalue weighted by Gasteiger charge is -2.55. The molecule has 4 saturated carbocycles. The highest BCUT2D eigenvalue weighted by molar-refractivity contribution is 6.29. The van der Waals surface area contributed by atoms with E-state index >= 15 is 0 Å². The van der Waals surface area contributed by atoms with E-state index in [1.165, 1.54) is 25.5 Å². The Morgan fingerprint density at radius 3 is 2.27 bits per heavy atom. The van der Waals surface area contributed by atoms with E-state index in [-0.39, 0.29) is 11.2 Å². The summed E-state index contributed by atoms with van der Waals surface area (Å²) in [6, 6.07) is 9.92. The van der Waals surface area contributed by atoms with Crippen molar-refractivity contribution < 1.29 is 9.63 Å². The fourth-order valence-electron chi connectivity index (χ4n) is 5.32. The standard InChI is InChI=1S/C19H23NO2/c21-18(12-20-22-13-14-4-2-1-3-5-14)19-9-15-6-16(10-19)8-17(7-15)11-19/h1-5,12,15-17H,6-11,13H2/b20-12-. The van der Waals surface area contributed by atoms with E-state index in [1.54, 1.807) is 0 Å². The van der Waals surface area contributed by atoms with Crippen LogP contribution in [0.25, 0.3) is 0 Å². The molecule has 1 aromatic carbocycles. The minimum absolute atomic E-state index is 0.103. The van der Waals surface area contributed by atoms with Gasteiger partial charge in [0.2, 0.25) is 0 Å². The monoisotopic (exact) mass is 297 g/mol. The molecule has 0 unspecified atom stereocenters. The third kappa shape index (κ3) is 2.57. The van der Waals surface area contributed by atoms with Gasteiger partial charge in [0.1, 0.15) is 12.8 Å². The molecule has 0 aliphatic heterocycles. The van der Waals surface area contributed by atoms with Crippen LogP contribution in [-0.2, 0) is 16.2 Å². The maximum atomic E-state index is 12.7. The molecule has 4 aliphatic rings. The van der Waals surface area contributed by atoms with Crippen molar-refractivity contribution in [3.63, 3.8) is 0 Å². The van der Waals surface area contributed by atoms with Crippen LogP contribution in [0.15, 0.2) is 35.5 Å². The van der Waals surface area contributed by atoms with Crippen molar-refractivity contribution in [2.24, 2.45) is 28.3 Å². The van der Waals surface area contributed by atoms with E-state index in [0.29, 0.717) is 6.61 Å². The molecule has 3 heteroatoms. The molecule has 4 fully saturated rings. The summed E-state index contributed by atoms with van der Waals surface area (Å²) in [4.78, 5) is 18.0. The fourth-order valence-corrected chi connectivity index (χ4v) is 5.32. The molecule has 0 heterocycles. The number of nitrogens with zero attached hydrogens (tertiary/aromatic N) is 1. The van der Waals surface area contributed by atoms with Crippen LogP contribution in [0.3, 0.4) is 0 Å². The van der Waals surface area contributed by atoms with Gasteiger partial charge in [-0.2, -0.15) is 0 Å². The number of carbonyl (C=O) groups is 1. The topological polar surface area (TPSA) is 38.7 Å². The largest absolute Gasteiger partial charge is 0.391 e. The Bertz CT molecular complexity index is 543. The van der Waals surface area contributed by atoms with Gasteiger partial charge < -0.3 is 4.84 Å². The predicted molar refractivity (Wildman–Crippen MR) is 85.3 cm³/mol. The summed E-state index contributed by atoms with van der Waals surface area (Å²) in [6.45, 7) is 0.422. The average molecular weight is 297 g/mol. The second kappa shape index (κ2) is 5.53. The molecule has 0 spiro atoms. The van der Waals surface area contributed by atoms with E-state index in [2.05, 4.69) is 5.16 Å². The van der Waals surface area contributed by atoms with Crippen LogP contribution < -0.4 is 0 Å². The molecule has 0 saturated heterocycles. The zero-order chi connectivity index (χ0) is 15.0. The number of hydrogen-bond donors (Lipinski definition) is 0. The third-order valence-electron chi connectivity index (χ3n) is 5.88. The van der Waals surface area contributed by atoms with Gasteiger partial charge in [0, 0.05) is 5.41 Å². The van der Waals surface area contributed by atoms with Gasteiger partial charge in [-0.3, -0.25) is 4.79 Å². The van der Waals surface area contributed by atoms with E-state index < -0.39 is 0 Å². The maximum absolute atomic E-state index is 12.7. The molecule has 3 nitrogen and oxygen atoms in total. The Kier molecular flexibility index (Phi) is 3.51. The molecular weight excluding hydrogens is 274 g/mol. The third-order valence-corrected chi connectivity index (χ3v) is 5.88. The molecular formula is C19H23NO2. The molecule has 0 amide bonds. The first kappa shape index (κ1) is 14.0. The quantitative estimate of drug-likeness (QED) is 0.609. The molecule has 4 aliphatic carbocycles. The molecule has 0 aromatic heterocycles. The number of ketones is 1. The second-order valence-electron chi connectivity index (χ2n) is 7.56. The summed E-state index contributed by atoms with van der Waals surface area (Å²) in [5.41, 5.74) is 0.968. The number of oxime groups is 1. The average Bonchev–Trinajstić information content (AvgIpc) is 2.51. The van der Waals surface area contributed by atoms with Gasteiger partial charge in [-0.1, -0.05) is 35.5 Å². The summed E-state index contributed by atoms with van der Waals surface area (Å²) in [5.74, 6) is 2.57. The van der Waals surface area contributed by atoms with Crippen molar-refractivity contribution in [1.29, 1.82) is 0 Å². The summed E-state index contributed by atoms with van der Waals surface area (Å²) in [5, 5.41) is 3.95. The normalized spacial score (nSPS) is 35.9. The van der Waals surface area contributed by atoms with Crippen LogP contribution in [0.2, 0.25) is 0 Å². The molecule has 22 heavy (non-hydrogen) atoms. The molecule has 0 radical (unpaired) electrons. The molecule has 5 rings (SSSR count). The maximum Gasteiger partial charge on any atom is 0.183 e. The van der Waals surface area contributed by atoms with Crippen molar-refractivity contribution >= 4 is 12.0 Å². The lowest BCUT2D eigenvalue weighted by Crippen LogP contribution is -2.50. The Labute approximate surface area is 131 Å². The van der Waals surface area contributed by atoms with Gasteiger partial charge in [-0.15, -0.1) is 0 Å². The van der Waals surface area contributed by atoms with E-state index in [9.17, 15) is 4.79 Å². The minimum Gasteiger partial charge on any atom is -0.391 e. The van der Waals surface area contributed by atoms with Crippen LogP contribution in [0.5, 0.6) is 0 Å². The summed E-state index contributed by atoms with van der Waals surface area (Å²) in [6.07, 6.45) is 8.78. The first-order valence-corrected chi connectivity index (χ1v) is 8.47. The first-order chi connectivity index (χ1) is 10.7.